The molecule has 0 unspecified atom stereocenters. The molecule has 4 aromatic rings. The van der Waals surface area contributed by atoms with E-state index in [2.05, 4.69) is 0 Å². The highest BCUT2D eigenvalue weighted by Crippen LogP contribution is 2.29. The second-order valence-corrected chi connectivity index (χ2v) is 9.70. The average molecular weight is 521 g/mol. The van der Waals surface area contributed by atoms with Crippen LogP contribution in [0.3, 0.4) is 0 Å². The first-order chi connectivity index (χ1) is 17.8. The zero-order chi connectivity index (χ0) is 26.7. The largest absolute Gasteiger partial charge is 0.338 e. The van der Waals surface area contributed by atoms with Gasteiger partial charge in [-0.15, -0.1) is 11.3 Å². The van der Waals surface area contributed by atoms with E-state index in [1.807, 2.05) is 44.2 Å². The molecule has 0 radical (unpaired) electrons. The predicted octanol–water partition coefficient (Wildman–Crippen LogP) is 4.21. The Kier molecular flexibility index (Phi) is 7.68. The van der Waals surface area contributed by atoms with Gasteiger partial charge in [-0.2, -0.15) is 0 Å². The SMILES string of the molecule is CCN(CC)C(=O)c1sc2c(c1C)c(=O)n(CCc1ccccc1)c(=O)n2Cc1cccc([N+](=O)[O-])c1. The Balaban J connectivity index is 1.91. The lowest BCUT2D eigenvalue weighted by molar-refractivity contribution is -0.384. The van der Waals surface area contributed by atoms with Gasteiger partial charge < -0.3 is 4.90 Å². The molecule has 37 heavy (non-hydrogen) atoms. The van der Waals surface area contributed by atoms with Crippen LogP contribution in [0.5, 0.6) is 0 Å². The lowest BCUT2D eigenvalue weighted by Gasteiger charge is -2.17. The Labute approximate surface area is 217 Å². The Bertz CT molecular complexity index is 1580. The van der Waals surface area contributed by atoms with Crippen LogP contribution in [0.15, 0.2) is 64.2 Å². The van der Waals surface area contributed by atoms with Crippen molar-refractivity contribution >= 4 is 33.1 Å². The first-order valence-corrected chi connectivity index (χ1v) is 12.9. The van der Waals surface area contributed by atoms with Crippen molar-refractivity contribution < 1.29 is 9.72 Å². The Hall–Kier alpha value is -4.05. The van der Waals surface area contributed by atoms with Crippen LogP contribution >= 0.6 is 11.3 Å². The highest BCUT2D eigenvalue weighted by molar-refractivity contribution is 7.20. The fraction of sp³-hybridized carbons (Fsp3) is 0.296. The van der Waals surface area contributed by atoms with Crippen molar-refractivity contribution in [1.29, 1.82) is 0 Å². The summed E-state index contributed by atoms with van der Waals surface area (Å²) in [7, 11) is 0. The molecule has 0 atom stereocenters. The monoisotopic (exact) mass is 520 g/mol. The van der Waals surface area contributed by atoms with Crippen LogP contribution in [-0.4, -0.2) is 38.0 Å². The molecule has 0 N–H and O–H groups in total. The van der Waals surface area contributed by atoms with Gasteiger partial charge in [-0.1, -0.05) is 42.5 Å². The molecule has 1 amide bonds. The lowest BCUT2D eigenvalue weighted by Crippen LogP contribution is -2.40. The molecule has 0 aliphatic heterocycles. The molecule has 2 heterocycles. The maximum absolute atomic E-state index is 13.7. The van der Waals surface area contributed by atoms with Crippen LogP contribution in [0, 0.1) is 17.0 Å². The summed E-state index contributed by atoms with van der Waals surface area (Å²) in [6.07, 6.45) is 0.479. The van der Waals surface area contributed by atoms with E-state index in [9.17, 15) is 24.5 Å². The normalized spacial score (nSPS) is 11.1. The van der Waals surface area contributed by atoms with Crippen LogP contribution in [0.1, 0.15) is 40.2 Å². The van der Waals surface area contributed by atoms with E-state index in [1.54, 1.807) is 24.0 Å². The van der Waals surface area contributed by atoms with Gasteiger partial charge in [0.25, 0.3) is 17.2 Å². The van der Waals surface area contributed by atoms with Crippen molar-refractivity contribution in [2.45, 2.75) is 40.3 Å². The minimum absolute atomic E-state index is 0.0292. The zero-order valence-electron chi connectivity index (χ0n) is 21.0. The van der Waals surface area contributed by atoms with Crippen LogP contribution in [-0.2, 0) is 19.5 Å². The summed E-state index contributed by atoms with van der Waals surface area (Å²) in [4.78, 5) is 53.9. The number of carbonyl (C=O) groups excluding carboxylic acids is 1. The summed E-state index contributed by atoms with van der Waals surface area (Å²) >= 11 is 1.12. The summed E-state index contributed by atoms with van der Waals surface area (Å²) in [6, 6.07) is 15.6. The van der Waals surface area contributed by atoms with Crippen molar-refractivity contribution in [2.75, 3.05) is 13.1 Å². The van der Waals surface area contributed by atoms with E-state index in [-0.39, 0.29) is 24.7 Å². The molecule has 0 saturated carbocycles. The molecule has 0 bridgehead atoms. The molecule has 0 saturated heterocycles. The molecule has 4 rings (SSSR count). The number of amides is 1. The molecule has 0 fully saturated rings. The highest BCUT2D eigenvalue weighted by atomic mass is 32.1. The maximum atomic E-state index is 13.7. The lowest BCUT2D eigenvalue weighted by atomic mass is 10.1. The third-order valence-corrected chi connectivity index (χ3v) is 7.77. The number of hydrogen-bond acceptors (Lipinski definition) is 6. The van der Waals surface area contributed by atoms with E-state index in [0.29, 0.717) is 45.7 Å². The van der Waals surface area contributed by atoms with Crippen LogP contribution in [0.2, 0.25) is 0 Å². The number of aromatic nitrogens is 2. The Morgan fingerprint density at radius 3 is 2.32 bits per heavy atom. The average Bonchev–Trinajstić information content (AvgIpc) is 3.25. The fourth-order valence-corrected chi connectivity index (χ4v) is 5.69. The standard InChI is InChI=1S/C27H28N4O5S/c1-4-28(5-2)25(33)23-18(3)22-24(32)29(15-14-19-10-7-6-8-11-19)27(34)30(26(22)37-23)17-20-12-9-13-21(16-20)31(35)36/h6-13,16H,4-5,14-15,17H2,1-3H3. The topological polar surface area (TPSA) is 107 Å². The van der Waals surface area contributed by atoms with Crippen molar-refractivity contribution in [1.82, 2.24) is 14.0 Å². The van der Waals surface area contributed by atoms with Gasteiger partial charge >= 0.3 is 5.69 Å². The van der Waals surface area contributed by atoms with E-state index >= 15 is 0 Å². The number of nitro groups is 1. The third kappa shape index (κ3) is 5.10. The molecule has 10 heteroatoms. The van der Waals surface area contributed by atoms with Gasteiger partial charge in [0.05, 0.1) is 21.7 Å². The van der Waals surface area contributed by atoms with Crippen molar-refractivity contribution in [3.63, 3.8) is 0 Å². The van der Waals surface area contributed by atoms with E-state index in [4.69, 9.17) is 0 Å². The molecule has 2 aromatic carbocycles. The van der Waals surface area contributed by atoms with Gasteiger partial charge in [-0.3, -0.25) is 28.8 Å². The molecule has 0 spiro atoms. The van der Waals surface area contributed by atoms with Gasteiger partial charge in [0, 0.05) is 31.8 Å². The summed E-state index contributed by atoms with van der Waals surface area (Å²) in [5, 5.41) is 11.6. The first-order valence-electron chi connectivity index (χ1n) is 12.1. The number of rotatable bonds is 9. The second-order valence-electron chi connectivity index (χ2n) is 8.70. The van der Waals surface area contributed by atoms with Gasteiger partial charge in [0.15, 0.2) is 0 Å². The molecule has 9 nitrogen and oxygen atoms in total. The van der Waals surface area contributed by atoms with Gasteiger partial charge in [-0.05, 0) is 43.9 Å². The van der Waals surface area contributed by atoms with E-state index in [1.165, 1.54) is 21.3 Å². The molecule has 0 aliphatic carbocycles. The summed E-state index contributed by atoms with van der Waals surface area (Å²) in [5.41, 5.74) is 1.05. The minimum Gasteiger partial charge on any atom is -0.338 e. The minimum atomic E-state index is -0.511. The number of hydrogen-bond donors (Lipinski definition) is 0. The third-order valence-electron chi connectivity index (χ3n) is 6.47. The van der Waals surface area contributed by atoms with E-state index in [0.717, 1.165) is 16.9 Å². The number of fused-ring (bicyclic) bond motifs is 1. The number of nitrogens with zero attached hydrogens (tertiary/aromatic N) is 4. The number of carbonyl (C=O) groups is 1. The van der Waals surface area contributed by atoms with Crippen LogP contribution in [0.4, 0.5) is 5.69 Å². The predicted molar refractivity (Wildman–Crippen MR) is 145 cm³/mol. The van der Waals surface area contributed by atoms with E-state index < -0.39 is 16.2 Å². The van der Waals surface area contributed by atoms with Gasteiger partial charge in [0.2, 0.25) is 0 Å². The highest BCUT2D eigenvalue weighted by Gasteiger charge is 2.25. The number of aryl methyl sites for hydroxylation is 2. The molecule has 192 valence electrons. The summed E-state index contributed by atoms with van der Waals surface area (Å²) in [5.74, 6) is -0.187. The molecule has 0 aliphatic rings. The summed E-state index contributed by atoms with van der Waals surface area (Å²) in [6.45, 7) is 6.75. The molecular formula is C27H28N4O5S. The van der Waals surface area contributed by atoms with Crippen molar-refractivity contribution in [2.24, 2.45) is 0 Å². The summed E-state index contributed by atoms with van der Waals surface area (Å²) < 4.78 is 2.66. The maximum Gasteiger partial charge on any atom is 0.332 e. The number of nitro benzene ring substituents is 1. The molecular weight excluding hydrogens is 492 g/mol. The number of non-ortho nitro benzene ring substituents is 1. The molecule has 2 aromatic heterocycles. The van der Waals surface area contributed by atoms with Crippen LogP contribution in [0.25, 0.3) is 10.2 Å². The second kappa shape index (κ2) is 10.9. The quantitative estimate of drug-likeness (QED) is 0.243. The smallest absolute Gasteiger partial charge is 0.332 e. The zero-order valence-corrected chi connectivity index (χ0v) is 21.8. The Morgan fingerprint density at radius 2 is 1.68 bits per heavy atom. The number of thiophene rings is 1. The number of benzene rings is 2. The fourth-order valence-electron chi connectivity index (χ4n) is 4.43. The van der Waals surface area contributed by atoms with Gasteiger partial charge in [0.1, 0.15) is 4.83 Å². The van der Waals surface area contributed by atoms with Crippen LogP contribution < -0.4 is 11.2 Å². The van der Waals surface area contributed by atoms with Crippen molar-refractivity contribution in [3.05, 3.63) is 107 Å². The Morgan fingerprint density at radius 1 is 1.00 bits per heavy atom. The van der Waals surface area contributed by atoms with Crippen molar-refractivity contribution in [3.8, 4) is 0 Å². The van der Waals surface area contributed by atoms with Gasteiger partial charge in [-0.25, -0.2) is 4.79 Å². The first kappa shape index (κ1) is 26.0.